The Kier molecular flexibility index (Phi) is 4.58. The largest absolute Gasteiger partial charge is 0.422 e. The van der Waals surface area contributed by atoms with Crippen LogP contribution in [0.2, 0.25) is 0 Å². The van der Waals surface area contributed by atoms with Crippen LogP contribution in [0.5, 0.6) is 5.88 Å². The summed E-state index contributed by atoms with van der Waals surface area (Å²) < 4.78 is 22.2. The molecule has 2 N–H and O–H groups in total. The number of hydrogen-bond acceptors (Lipinski definition) is 4. The van der Waals surface area contributed by atoms with Gasteiger partial charge < -0.3 is 10.5 Å². The fraction of sp³-hybridized carbons (Fsp3) is 0.182. The van der Waals surface area contributed by atoms with E-state index < -0.39 is 11.7 Å². The Bertz CT molecular complexity index is 1100. The zero-order chi connectivity index (χ0) is 19.7. The number of para-hydroxylation sites is 1. The number of nitrogens with two attached hydrogens (primary N) is 1. The third-order valence-corrected chi connectivity index (χ3v) is 4.83. The van der Waals surface area contributed by atoms with Gasteiger partial charge in [-0.15, -0.1) is 0 Å². The summed E-state index contributed by atoms with van der Waals surface area (Å²) in [5.74, 6) is -0.646. The summed E-state index contributed by atoms with van der Waals surface area (Å²) in [4.78, 5) is 0. The Labute approximate surface area is 162 Å². The molecule has 1 aliphatic rings. The van der Waals surface area contributed by atoms with Crippen LogP contribution < -0.4 is 10.5 Å². The van der Waals surface area contributed by atoms with Gasteiger partial charge in [-0.05, 0) is 24.6 Å². The van der Waals surface area contributed by atoms with Gasteiger partial charge >= 0.3 is 0 Å². The second-order valence-corrected chi connectivity index (χ2v) is 6.61. The topological polar surface area (TPSA) is 76.9 Å². The molecule has 2 aromatic carbocycles. The lowest BCUT2D eigenvalue weighted by molar-refractivity contribution is 0.366. The molecule has 2 heterocycles. The lowest BCUT2D eigenvalue weighted by atomic mass is 9.83. The van der Waals surface area contributed by atoms with Crippen LogP contribution in [0.1, 0.15) is 36.1 Å². The quantitative estimate of drug-likeness (QED) is 0.743. The highest BCUT2D eigenvalue weighted by Gasteiger charge is 2.38. The zero-order valence-corrected chi connectivity index (χ0v) is 15.4. The monoisotopic (exact) mass is 374 g/mol. The van der Waals surface area contributed by atoms with Crippen molar-refractivity contribution in [2.45, 2.75) is 25.7 Å². The lowest BCUT2D eigenvalue weighted by Gasteiger charge is -2.25. The van der Waals surface area contributed by atoms with Crippen molar-refractivity contribution in [1.82, 2.24) is 9.78 Å². The van der Waals surface area contributed by atoms with Gasteiger partial charge in [0.1, 0.15) is 17.5 Å². The molecular formula is C22H19FN4O. The van der Waals surface area contributed by atoms with Crippen molar-refractivity contribution in [2.24, 2.45) is 5.73 Å². The molecule has 1 aromatic heterocycles. The van der Waals surface area contributed by atoms with E-state index in [1.807, 2.05) is 37.3 Å². The van der Waals surface area contributed by atoms with Gasteiger partial charge in [0.05, 0.1) is 22.9 Å². The minimum atomic E-state index is -0.658. The molecule has 28 heavy (non-hydrogen) atoms. The second-order valence-electron chi connectivity index (χ2n) is 6.61. The molecule has 1 unspecified atom stereocenters. The molecular weight excluding hydrogens is 355 g/mol. The lowest BCUT2D eigenvalue weighted by Crippen LogP contribution is -2.22. The Morgan fingerprint density at radius 1 is 1.18 bits per heavy atom. The Morgan fingerprint density at radius 2 is 1.89 bits per heavy atom. The first-order chi connectivity index (χ1) is 13.7. The number of halogens is 1. The molecule has 4 rings (SSSR count). The molecule has 0 spiro atoms. The van der Waals surface area contributed by atoms with Gasteiger partial charge in [-0.2, -0.15) is 10.4 Å². The first-order valence-corrected chi connectivity index (χ1v) is 9.15. The van der Waals surface area contributed by atoms with Crippen LogP contribution in [0, 0.1) is 17.1 Å². The molecule has 0 saturated carbocycles. The molecule has 0 fully saturated rings. The van der Waals surface area contributed by atoms with Crippen LogP contribution in [-0.4, -0.2) is 9.78 Å². The Morgan fingerprint density at radius 3 is 2.57 bits per heavy atom. The zero-order valence-electron chi connectivity index (χ0n) is 15.4. The van der Waals surface area contributed by atoms with E-state index in [0.29, 0.717) is 23.4 Å². The van der Waals surface area contributed by atoms with Crippen molar-refractivity contribution in [3.63, 3.8) is 0 Å². The molecule has 6 heteroatoms. The standard InChI is InChI=1S/C22H19FN4O/c1-2-8-18-20-19(15-11-6-7-12-17(15)23)16(13-24)21(25)28-22(20)27(26-18)14-9-4-3-5-10-14/h3-7,9-12,19H,2,8,25H2,1H3. The number of hydrogen-bond donors (Lipinski definition) is 1. The Balaban J connectivity index is 2.01. The summed E-state index contributed by atoms with van der Waals surface area (Å²) in [5, 5.41) is 14.5. The first kappa shape index (κ1) is 17.8. The van der Waals surface area contributed by atoms with E-state index in [0.717, 1.165) is 17.8 Å². The average molecular weight is 374 g/mol. The SMILES string of the molecule is CCCc1nn(-c2ccccc2)c2c1C(c1ccccc1F)C(C#N)=C(N)O2. The normalized spacial score (nSPS) is 15.7. The number of nitrogens with zero attached hydrogens (tertiary/aromatic N) is 3. The molecule has 1 aliphatic heterocycles. The van der Waals surface area contributed by atoms with E-state index in [1.54, 1.807) is 22.9 Å². The molecule has 0 saturated heterocycles. The number of fused-ring (bicyclic) bond motifs is 1. The highest BCUT2D eigenvalue weighted by atomic mass is 19.1. The van der Waals surface area contributed by atoms with Crippen molar-refractivity contribution < 1.29 is 9.13 Å². The molecule has 1 atom stereocenters. The predicted octanol–water partition coefficient (Wildman–Crippen LogP) is 4.18. The van der Waals surface area contributed by atoms with Gasteiger partial charge in [0, 0.05) is 5.56 Å². The molecule has 0 radical (unpaired) electrons. The highest BCUT2D eigenvalue weighted by Crippen LogP contribution is 2.45. The van der Waals surface area contributed by atoms with Gasteiger partial charge in [0.2, 0.25) is 11.8 Å². The number of allylic oxidation sites excluding steroid dienone is 1. The minimum Gasteiger partial charge on any atom is -0.422 e. The molecule has 3 aromatic rings. The third-order valence-electron chi connectivity index (χ3n) is 4.83. The number of ether oxygens (including phenoxy) is 1. The van der Waals surface area contributed by atoms with Crippen LogP contribution in [0.4, 0.5) is 4.39 Å². The molecule has 140 valence electrons. The molecule has 0 bridgehead atoms. The number of rotatable bonds is 4. The summed E-state index contributed by atoms with van der Waals surface area (Å²) in [6, 6.07) is 18.1. The van der Waals surface area contributed by atoms with Crippen molar-refractivity contribution in [2.75, 3.05) is 0 Å². The maximum atomic E-state index is 14.7. The van der Waals surface area contributed by atoms with Crippen LogP contribution in [-0.2, 0) is 6.42 Å². The summed E-state index contributed by atoms with van der Waals surface area (Å²) in [6.45, 7) is 2.05. The summed E-state index contributed by atoms with van der Waals surface area (Å²) in [7, 11) is 0. The molecule has 5 nitrogen and oxygen atoms in total. The minimum absolute atomic E-state index is 0.0246. The number of aromatic nitrogens is 2. The van der Waals surface area contributed by atoms with Crippen molar-refractivity contribution >= 4 is 0 Å². The van der Waals surface area contributed by atoms with Crippen LogP contribution >= 0.6 is 0 Å². The molecule has 0 amide bonds. The van der Waals surface area contributed by atoms with E-state index in [-0.39, 0.29) is 11.5 Å². The van der Waals surface area contributed by atoms with Crippen LogP contribution in [0.15, 0.2) is 66.1 Å². The van der Waals surface area contributed by atoms with Gasteiger partial charge in [0.25, 0.3) is 0 Å². The first-order valence-electron chi connectivity index (χ1n) is 9.15. The summed E-state index contributed by atoms with van der Waals surface area (Å²) in [5.41, 5.74) is 8.94. The van der Waals surface area contributed by atoms with Crippen molar-refractivity contribution in [3.05, 3.63) is 88.7 Å². The van der Waals surface area contributed by atoms with Gasteiger partial charge in [0.15, 0.2) is 0 Å². The van der Waals surface area contributed by atoms with Crippen molar-refractivity contribution in [3.8, 4) is 17.6 Å². The smallest absolute Gasteiger partial charge is 0.229 e. The third kappa shape index (κ3) is 2.81. The summed E-state index contributed by atoms with van der Waals surface area (Å²) in [6.07, 6.45) is 1.53. The van der Waals surface area contributed by atoms with Gasteiger partial charge in [-0.3, -0.25) is 0 Å². The van der Waals surface area contributed by atoms with E-state index in [4.69, 9.17) is 15.6 Å². The maximum Gasteiger partial charge on any atom is 0.229 e. The van der Waals surface area contributed by atoms with Crippen LogP contribution in [0.25, 0.3) is 5.69 Å². The number of aryl methyl sites for hydroxylation is 1. The highest BCUT2D eigenvalue weighted by molar-refractivity contribution is 5.57. The number of benzene rings is 2. The second kappa shape index (κ2) is 7.20. The number of nitriles is 1. The maximum absolute atomic E-state index is 14.7. The van der Waals surface area contributed by atoms with Gasteiger partial charge in [-0.1, -0.05) is 49.7 Å². The average Bonchev–Trinajstić information content (AvgIpc) is 3.06. The fourth-order valence-electron chi connectivity index (χ4n) is 3.60. The van der Waals surface area contributed by atoms with Gasteiger partial charge in [-0.25, -0.2) is 9.07 Å². The van der Waals surface area contributed by atoms with E-state index in [1.165, 1.54) is 6.07 Å². The van der Waals surface area contributed by atoms with E-state index in [2.05, 4.69) is 6.07 Å². The fourth-order valence-corrected chi connectivity index (χ4v) is 3.60. The van der Waals surface area contributed by atoms with Crippen LogP contribution in [0.3, 0.4) is 0 Å². The summed E-state index contributed by atoms with van der Waals surface area (Å²) >= 11 is 0. The predicted molar refractivity (Wildman–Crippen MR) is 103 cm³/mol. The van der Waals surface area contributed by atoms with E-state index in [9.17, 15) is 9.65 Å². The Hall–Kier alpha value is -3.59. The molecule has 0 aliphatic carbocycles. The van der Waals surface area contributed by atoms with Crippen molar-refractivity contribution in [1.29, 1.82) is 5.26 Å². The van der Waals surface area contributed by atoms with E-state index >= 15 is 0 Å².